The average molecular weight is 368 g/mol. The highest BCUT2D eigenvalue weighted by molar-refractivity contribution is 5.94. The van der Waals surface area contributed by atoms with Crippen LogP contribution in [0, 0.1) is 5.92 Å². The first-order chi connectivity index (χ1) is 12.4. The fraction of sp³-hybridized carbons (Fsp3) is 0.579. The first-order valence-electron chi connectivity index (χ1n) is 9.11. The molecule has 0 saturated carbocycles. The molecule has 0 atom stereocenters. The van der Waals surface area contributed by atoms with Crippen molar-refractivity contribution < 1.29 is 22.8 Å². The molecule has 3 rings (SSSR count). The van der Waals surface area contributed by atoms with Crippen molar-refractivity contribution in [3.8, 4) is 0 Å². The van der Waals surface area contributed by atoms with Crippen LogP contribution >= 0.6 is 0 Å². The van der Waals surface area contributed by atoms with E-state index < -0.39 is 11.7 Å². The van der Waals surface area contributed by atoms with Gasteiger partial charge in [0.05, 0.1) is 5.56 Å². The van der Waals surface area contributed by atoms with Crippen molar-refractivity contribution in [2.45, 2.75) is 38.3 Å². The Hall–Kier alpha value is -2.05. The molecule has 4 nitrogen and oxygen atoms in total. The third-order valence-corrected chi connectivity index (χ3v) is 5.26. The van der Waals surface area contributed by atoms with Crippen LogP contribution in [-0.4, -0.2) is 47.8 Å². The number of nitrogens with zero attached hydrogens (tertiary/aromatic N) is 2. The van der Waals surface area contributed by atoms with Gasteiger partial charge in [-0.2, -0.15) is 13.2 Å². The lowest BCUT2D eigenvalue weighted by molar-refractivity contribution is -0.138. The minimum atomic E-state index is -4.41. The quantitative estimate of drug-likeness (QED) is 0.801. The second kappa shape index (κ2) is 7.68. The number of likely N-dealkylation sites (tertiary alicyclic amines) is 2. The highest BCUT2D eigenvalue weighted by Crippen LogP contribution is 2.29. The van der Waals surface area contributed by atoms with Crippen LogP contribution in [0.4, 0.5) is 13.2 Å². The van der Waals surface area contributed by atoms with Gasteiger partial charge in [0.2, 0.25) is 5.91 Å². The number of halogens is 3. The molecule has 2 fully saturated rings. The number of carbonyl (C=O) groups is 2. The van der Waals surface area contributed by atoms with E-state index in [2.05, 4.69) is 0 Å². The summed E-state index contributed by atoms with van der Waals surface area (Å²) in [5.41, 5.74) is -0.515. The monoisotopic (exact) mass is 368 g/mol. The molecule has 0 unspecified atom stereocenters. The van der Waals surface area contributed by atoms with E-state index in [4.69, 9.17) is 0 Å². The highest BCUT2D eigenvalue weighted by Gasteiger charge is 2.32. The molecule has 1 aromatic carbocycles. The third kappa shape index (κ3) is 4.19. The second-order valence-corrected chi connectivity index (χ2v) is 7.03. The Labute approximate surface area is 151 Å². The van der Waals surface area contributed by atoms with Crippen molar-refractivity contribution in [3.63, 3.8) is 0 Å². The summed E-state index contributed by atoms with van der Waals surface area (Å²) in [6.45, 7) is 2.57. The predicted octanol–water partition coefficient (Wildman–Crippen LogP) is 3.57. The number of hydrogen-bond acceptors (Lipinski definition) is 2. The summed E-state index contributed by atoms with van der Waals surface area (Å²) in [4.78, 5) is 28.6. The van der Waals surface area contributed by atoms with Gasteiger partial charge in [0.15, 0.2) is 0 Å². The molecule has 1 aromatic rings. The van der Waals surface area contributed by atoms with E-state index in [0.29, 0.717) is 25.9 Å². The van der Waals surface area contributed by atoms with Gasteiger partial charge in [-0.1, -0.05) is 0 Å². The summed E-state index contributed by atoms with van der Waals surface area (Å²) in [6.07, 6.45) is 0.0932. The molecule has 26 heavy (non-hydrogen) atoms. The average Bonchev–Trinajstić information content (AvgIpc) is 2.67. The fourth-order valence-electron chi connectivity index (χ4n) is 3.69. The van der Waals surface area contributed by atoms with Crippen LogP contribution in [0.2, 0.25) is 0 Å². The SMILES string of the molecule is O=C(c1ccc(C(F)(F)F)cc1)N1CCC(C(=O)N2CCCCC2)CC1. The summed E-state index contributed by atoms with van der Waals surface area (Å²) >= 11 is 0. The second-order valence-electron chi connectivity index (χ2n) is 7.03. The third-order valence-electron chi connectivity index (χ3n) is 5.26. The molecule has 0 aliphatic carbocycles. The van der Waals surface area contributed by atoms with Gasteiger partial charge in [0.25, 0.3) is 5.91 Å². The van der Waals surface area contributed by atoms with E-state index in [1.807, 2.05) is 4.90 Å². The maximum atomic E-state index is 12.6. The van der Waals surface area contributed by atoms with Gasteiger partial charge in [-0.15, -0.1) is 0 Å². The molecule has 2 amide bonds. The lowest BCUT2D eigenvalue weighted by Crippen LogP contribution is -2.45. The molecule has 0 N–H and O–H groups in total. The van der Waals surface area contributed by atoms with Crippen LogP contribution in [0.5, 0.6) is 0 Å². The van der Waals surface area contributed by atoms with E-state index in [9.17, 15) is 22.8 Å². The molecule has 7 heteroatoms. The molecule has 0 bridgehead atoms. The first kappa shape index (κ1) is 18.7. The number of alkyl halides is 3. The van der Waals surface area contributed by atoms with Gasteiger partial charge in [-0.05, 0) is 56.4 Å². The maximum Gasteiger partial charge on any atom is 0.416 e. The Morgan fingerprint density at radius 2 is 1.42 bits per heavy atom. The van der Waals surface area contributed by atoms with Gasteiger partial charge in [-0.3, -0.25) is 9.59 Å². The molecule has 0 radical (unpaired) electrons. The predicted molar refractivity (Wildman–Crippen MR) is 90.5 cm³/mol. The molecule has 0 spiro atoms. The van der Waals surface area contributed by atoms with E-state index in [1.165, 1.54) is 18.6 Å². The Balaban J connectivity index is 1.55. The van der Waals surface area contributed by atoms with E-state index >= 15 is 0 Å². The summed E-state index contributed by atoms with van der Waals surface area (Å²) in [6, 6.07) is 4.30. The fourth-order valence-corrected chi connectivity index (χ4v) is 3.69. The standard InChI is InChI=1S/C19H23F3N2O2/c20-19(21,22)16-6-4-14(5-7-16)17(25)24-12-8-15(9-13-24)18(26)23-10-2-1-3-11-23/h4-7,15H,1-3,8-13H2. The maximum absolute atomic E-state index is 12.6. The van der Waals surface area contributed by atoms with Gasteiger partial charge < -0.3 is 9.80 Å². The summed E-state index contributed by atoms with van der Waals surface area (Å²) in [7, 11) is 0. The minimum absolute atomic E-state index is 0.0512. The molecular formula is C19H23F3N2O2. The smallest absolute Gasteiger partial charge is 0.342 e. The van der Waals surface area contributed by atoms with Crippen molar-refractivity contribution in [3.05, 3.63) is 35.4 Å². The Morgan fingerprint density at radius 1 is 0.846 bits per heavy atom. The Morgan fingerprint density at radius 3 is 1.96 bits per heavy atom. The van der Waals surface area contributed by atoms with Crippen LogP contribution in [0.1, 0.15) is 48.0 Å². The summed E-state index contributed by atoms with van der Waals surface area (Å²) < 4.78 is 37.8. The van der Waals surface area contributed by atoms with Crippen LogP contribution in [0.3, 0.4) is 0 Å². The zero-order valence-electron chi connectivity index (χ0n) is 14.6. The van der Waals surface area contributed by atoms with Gasteiger partial charge in [0.1, 0.15) is 0 Å². The lowest BCUT2D eigenvalue weighted by atomic mass is 9.94. The molecule has 0 aromatic heterocycles. The summed E-state index contributed by atoms with van der Waals surface area (Å²) in [5.74, 6) is -0.140. The first-order valence-corrected chi connectivity index (χ1v) is 9.11. The van der Waals surface area contributed by atoms with Gasteiger partial charge >= 0.3 is 6.18 Å². The van der Waals surface area contributed by atoms with E-state index in [1.54, 1.807) is 4.90 Å². The summed E-state index contributed by atoms with van der Waals surface area (Å²) in [5, 5.41) is 0. The van der Waals surface area contributed by atoms with Crippen LogP contribution in [-0.2, 0) is 11.0 Å². The lowest BCUT2D eigenvalue weighted by Gasteiger charge is -2.35. The highest BCUT2D eigenvalue weighted by atomic mass is 19.4. The minimum Gasteiger partial charge on any atom is -0.342 e. The molecule has 2 heterocycles. The van der Waals surface area contributed by atoms with Crippen molar-refractivity contribution in [1.82, 2.24) is 9.80 Å². The largest absolute Gasteiger partial charge is 0.416 e. The molecular weight excluding hydrogens is 345 g/mol. The van der Waals surface area contributed by atoms with E-state index in [-0.39, 0.29) is 23.3 Å². The number of hydrogen-bond donors (Lipinski definition) is 0. The molecule has 2 aliphatic heterocycles. The molecule has 142 valence electrons. The van der Waals surface area contributed by atoms with Crippen molar-refractivity contribution in [2.75, 3.05) is 26.2 Å². The topological polar surface area (TPSA) is 40.6 Å². The Kier molecular flexibility index (Phi) is 5.53. The van der Waals surface area contributed by atoms with Crippen LogP contribution < -0.4 is 0 Å². The van der Waals surface area contributed by atoms with Crippen molar-refractivity contribution >= 4 is 11.8 Å². The zero-order valence-corrected chi connectivity index (χ0v) is 14.6. The van der Waals surface area contributed by atoms with Crippen molar-refractivity contribution in [1.29, 1.82) is 0 Å². The number of rotatable bonds is 2. The van der Waals surface area contributed by atoms with Gasteiger partial charge in [0, 0.05) is 37.7 Å². The van der Waals surface area contributed by atoms with E-state index in [0.717, 1.165) is 38.1 Å². The van der Waals surface area contributed by atoms with Crippen LogP contribution in [0.15, 0.2) is 24.3 Å². The normalized spacial score (nSPS) is 19.5. The van der Waals surface area contributed by atoms with Crippen molar-refractivity contribution in [2.24, 2.45) is 5.92 Å². The number of amides is 2. The molecule has 2 aliphatic rings. The number of carbonyl (C=O) groups excluding carboxylic acids is 2. The zero-order chi connectivity index (χ0) is 18.7. The molecule has 2 saturated heterocycles. The Bertz CT molecular complexity index is 644. The van der Waals surface area contributed by atoms with Gasteiger partial charge in [-0.25, -0.2) is 0 Å². The number of benzene rings is 1. The van der Waals surface area contributed by atoms with Crippen LogP contribution in [0.25, 0.3) is 0 Å². The number of piperidine rings is 2.